The molecule has 0 atom stereocenters. The van der Waals surface area contributed by atoms with E-state index in [0.29, 0.717) is 17.8 Å². The van der Waals surface area contributed by atoms with Crippen molar-refractivity contribution < 1.29 is 0 Å². The fourth-order valence-electron chi connectivity index (χ4n) is 3.13. The molecule has 0 radical (unpaired) electrons. The average Bonchev–Trinajstić information content (AvgIpc) is 3.11. The molecule has 136 valence electrons. The van der Waals surface area contributed by atoms with E-state index in [1.54, 1.807) is 10.9 Å². The summed E-state index contributed by atoms with van der Waals surface area (Å²) >= 11 is 4.96. The predicted molar refractivity (Wildman–Crippen MR) is 117 cm³/mol. The summed E-state index contributed by atoms with van der Waals surface area (Å²) in [5.74, 6) is 0.489. The van der Waals surface area contributed by atoms with Crippen LogP contribution in [-0.4, -0.2) is 9.55 Å². The van der Waals surface area contributed by atoms with Gasteiger partial charge in [0.1, 0.15) is 4.83 Å². The van der Waals surface area contributed by atoms with Crippen LogP contribution in [0.5, 0.6) is 0 Å². The van der Waals surface area contributed by atoms with E-state index in [4.69, 9.17) is 0 Å². The van der Waals surface area contributed by atoms with Gasteiger partial charge in [-0.2, -0.15) is 0 Å². The van der Waals surface area contributed by atoms with Gasteiger partial charge in [0.15, 0.2) is 0 Å². The van der Waals surface area contributed by atoms with Crippen molar-refractivity contribution in [2.75, 3.05) is 0 Å². The van der Waals surface area contributed by atoms with E-state index < -0.39 is 0 Å². The van der Waals surface area contributed by atoms with Crippen molar-refractivity contribution in [1.82, 2.24) is 9.55 Å². The van der Waals surface area contributed by atoms with Crippen LogP contribution in [0, 0.1) is 0 Å². The Morgan fingerprint density at radius 3 is 2.44 bits per heavy atom. The van der Waals surface area contributed by atoms with E-state index in [-0.39, 0.29) is 5.56 Å². The molecule has 27 heavy (non-hydrogen) atoms. The first-order valence-electron chi connectivity index (χ1n) is 8.84. The van der Waals surface area contributed by atoms with Crippen molar-refractivity contribution in [3.05, 3.63) is 86.2 Å². The minimum atomic E-state index is 0.00658. The van der Waals surface area contributed by atoms with E-state index in [0.717, 1.165) is 26.0 Å². The molecule has 4 rings (SSSR count). The van der Waals surface area contributed by atoms with Crippen LogP contribution in [0.1, 0.15) is 30.9 Å². The molecule has 3 nitrogen and oxygen atoms in total. The molecule has 2 aromatic carbocycles. The fourth-order valence-corrected chi connectivity index (χ4v) is 4.30. The average molecular weight is 439 g/mol. The number of nitrogens with zero attached hydrogens (tertiary/aromatic N) is 2. The van der Waals surface area contributed by atoms with E-state index in [9.17, 15) is 4.79 Å². The summed E-state index contributed by atoms with van der Waals surface area (Å²) in [6, 6.07) is 16.5. The number of thiophene rings is 1. The first-order chi connectivity index (χ1) is 13.0. The Bertz CT molecular complexity index is 1140. The molecule has 5 heteroatoms. The Labute approximate surface area is 170 Å². The van der Waals surface area contributed by atoms with Crippen molar-refractivity contribution in [2.45, 2.75) is 26.3 Å². The first-order valence-corrected chi connectivity index (χ1v) is 10.5. The highest BCUT2D eigenvalue weighted by molar-refractivity contribution is 9.10. The maximum absolute atomic E-state index is 13.2. The Morgan fingerprint density at radius 1 is 1.07 bits per heavy atom. The lowest BCUT2D eigenvalue weighted by atomic mass is 9.99. The highest BCUT2D eigenvalue weighted by Crippen LogP contribution is 2.31. The highest BCUT2D eigenvalue weighted by atomic mass is 79.9. The van der Waals surface area contributed by atoms with Crippen molar-refractivity contribution in [1.29, 1.82) is 0 Å². The minimum absolute atomic E-state index is 0.00658. The second-order valence-corrected chi connectivity index (χ2v) is 8.68. The minimum Gasteiger partial charge on any atom is -0.294 e. The summed E-state index contributed by atoms with van der Waals surface area (Å²) in [6.45, 7) is 4.87. The summed E-state index contributed by atoms with van der Waals surface area (Å²) in [5, 5.41) is 2.74. The second kappa shape index (κ2) is 7.41. The number of hydrogen-bond acceptors (Lipinski definition) is 3. The molecular weight excluding hydrogens is 420 g/mol. The summed E-state index contributed by atoms with van der Waals surface area (Å²) < 4.78 is 2.71. The standard InChI is InChI=1S/C22H19BrN2OS/c1-14(2)16-5-7-17(8-6-16)19-12-27-21-20(19)22(26)25(13-24-21)11-15-3-9-18(23)10-4-15/h3-10,12-14H,11H2,1-2H3. The third-order valence-corrected chi connectivity index (χ3v) is 6.13. The lowest BCUT2D eigenvalue weighted by molar-refractivity contribution is 0.749. The van der Waals surface area contributed by atoms with Gasteiger partial charge in [0.2, 0.25) is 0 Å². The van der Waals surface area contributed by atoms with E-state index in [1.165, 1.54) is 16.9 Å². The molecule has 2 aromatic heterocycles. The van der Waals surface area contributed by atoms with Crippen LogP contribution >= 0.6 is 27.3 Å². The molecule has 0 aliphatic heterocycles. The number of halogens is 1. The molecule has 0 aliphatic carbocycles. The second-order valence-electron chi connectivity index (χ2n) is 6.91. The van der Waals surface area contributed by atoms with Crippen LogP contribution in [0.3, 0.4) is 0 Å². The van der Waals surface area contributed by atoms with E-state index in [2.05, 4.69) is 59.0 Å². The summed E-state index contributed by atoms with van der Waals surface area (Å²) in [6.07, 6.45) is 1.65. The molecular formula is C22H19BrN2OS. The third-order valence-electron chi connectivity index (χ3n) is 4.72. The lowest BCUT2D eigenvalue weighted by Gasteiger charge is -2.08. The topological polar surface area (TPSA) is 34.9 Å². The Kier molecular flexibility index (Phi) is 4.98. The zero-order chi connectivity index (χ0) is 19.0. The van der Waals surface area contributed by atoms with Crippen LogP contribution < -0.4 is 5.56 Å². The molecule has 0 unspecified atom stereocenters. The molecule has 0 spiro atoms. The normalized spacial score (nSPS) is 11.4. The predicted octanol–water partition coefficient (Wildman–Crippen LogP) is 6.06. The fraction of sp³-hybridized carbons (Fsp3) is 0.182. The van der Waals surface area contributed by atoms with Crippen molar-refractivity contribution in [3.63, 3.8) is 0 Å². The SMILES string of the molecule is CC(C)c1ccc(-c2csc3ncn(Cc4ccc(Br)cc4)c(=O)c23)cc1. The number of rotatable bonds is 4. The highest BCUT2D eigenvalue weighted by Gasteiger charge is 2.14. The monoisotopic (exact) mass is 438 g/mol. The van der Waals surface area contributed by atoms with Crippen molar-refractivity contribution in [3.8, 4) is 11.1 Å². The molecule has 0 saturated carbocycles. The van der Waals surface area contributed by atoms with E-state index >= 15 is 0 Å². The Hall–Kier alpha value is -2.24. The maximum Gasteiger partial charge on any atom is 0.263 e. The molecule has 0 fully saturated rings. The van der Waals surface area contributed by atoms with Crippen LogP contribution in [0.2, 0.25) is 0 Å². The summed E-state index contributed by atoms with van der Waals surface area (Å²) in [5.41, 5.74) is 4.40. The van der Waals surface area contributed by atoms with Gasteiger partial charge in [-0.05, 0) is 34.7 Å². The summed E-state index contributed by atoms with van der Waals surface area (Å²) in [4.78, 5) is 18.5. The zero-order valence-corrected chi connectivity index (χ0v) is 17.5. The van der Waals surface area contributed by atoms with Gasteiger partial charge in [-0.15, -0.1) is 11.3 Å². The number of hydrogen-bond donors (Lipinski definition) is 0. The van der Waals surface area contributed by atoms with Gasteiger partial charge in [0.25, 0.3) is 5.56 Å². The van der Waals surface area contributed by atoms with Crippen LogP contribution in [0.25, 0.3) is 21.3 Å². The van der Waals surface area contributed by atoms with Crippen LogP contribution in [0.4, 0.5) is 0 Å². The first kappa shape index (κ1) is 18.1. The van der Waals surface area contributed by atoms with Gasteiger partial charge in [-0.3, -0.25) is 9.36 Å². The van der Waals surface area contributed by atoms with Gasteiger partial charge in [0.05, 0.1) is 18.3 Å². The summed E-state index contributed by atoms with van der Waals surface area (Å²) in [7, 11) is 0. The molecule has 0 amide bonds. The largest absolute Gasteiger partial charge is 0.294 e. The van der Waals surface area contributed by atoms with Gasteiger partial charge >= 0.3 is 0 Å². The Balaban J connectivity index is 1.77. The Morgan fingerprint density at radius 2 is 1.78 bits per heavy atom. The lowest BCUT2D eigenvalue weighted by Crippen LogP contribution is -2.20. The quantitative estimate of drug-likeness (QED) is 0.388. The molecule has 4 aromatic rings. The zero-order valence-electron chi connectivity index (χ0n) is 15.1. The molecule has 0 saturated heterocycles. The molecule has 0 N–H and O–H groups in total. The van der Waals surface area contributed by atoms with Crippen molar-refractivity contribution in [2.24, 2.45) is 0 Å². The smallest absolute Gasteiger partial charge is 0.263 e. The van der Waals surface area contributed by atoms with Gasteiger partial charge < -0.3 is 0 Å². The van der Waals surface area contributed by atoms with Crippen LogP contribution in [-0.2, 0) is 6.54 Å². The van der Waals surface area contributed by atoms with Gasteiger partial charge in [-0.1, -0.05) is 66.2 Å². The maximum atomic E-state index is 13.2. The number of aromatic nitrogens is 2. The molecule has 0 aliphatic rings. The van der Waals surface area contributed by atoms with Gasteiger partial charge in [0, 0.05) is 15.4 Å². The molecule has 2 heterocycles. The number of benzene rings is 2. The van der Waals surface area contributed by atoms with Crippen molar-refractivity contribution >= 4 is 37.5 Å². The van der Waals surface area contributed by atoms with Gasteiger partial charge in [-0.25, -0.2) is 4.98 Å². The third kappa shape index (κ3) is 3.62. The molecule has 0 bridgehead atoms. The van der Waals surface area contributed by atoms with E-state index in [1.807, 2.05) is 29.6 Å². The van der Waals surface area contributed by atoms with Crippen LogP contribution in [0.15, 0.2) is 69.5 Å². The number of fused-ring (bicyclic) bond motifs is 1.